The molecule has 1 aliphatic rings. The van der Waals surface area contributed by atoms with Gasteiger partial charge in [-0.15, -0.1) is 29.8 Å². The van der Waals surface area contributed by atoms with Gasteiger partial charge < -0.3 is 4.57 Å². The minimum absolute atomic E-state index is 0. The normalized spacial score (nSPS) is 16.3. The van der Waals surface area contributed by atoms with E-state index in [4.69, 9.17) is 4.98 Å². The van der Waals surface area contributed by atoms with Crippen LogP contribution in [-0.4, -0.2) is 9.55 Å². The Morgan fingerprint density at radius 2 is 1.52 bits per heavy atom. The van der Waals surface area contributed by atoms with Gasteiger partial charge in [0.05, 0.1) is 16.9 Å². The molecular formula is C29H30BrIrN2-. The van der Waals surface area contributed by atoms with Gasteiger partial charge >= 0.3 is 0 Å². The van der Waals surface area contributed by atoms with Gasteiger partial charge in [-0.2, -0.15) is 0 Å². The van der Waals surface area contributed by atoms with Crippen LogP contribution in [-0.2, 0) is 30.9 Å². The van der Waals surface area contributed by atoms with E-state index in [0.29, 0.717) is 0 Å². The number of hydrogen-bond acceptors (Lipinski definition) is 1. The van der Waals surface area contributed by atoms with Crippen LogP contribution in [0.5, 0.6) is 0 Å². The largest absolute Gasteiger partial charge is 0.333 e. The summed E-state index contributed by atoms with van der Waals surface area (Å²) < 4.78 is 3.39. The molecule has 0 saturated heterocycles. The predicted octanol–water partition coefficient (Wildman–Crippen LogP) is 8.22. The molecule has 1 aromatic heterocycles. The average Bonchev–Trinajstić information content (AvgIpc) is 3.09. The van der Waals surface area contributed by atoms with Crippen molar-refractivity contribution in [1.82, 2.24) is 9.55 Å². The molecule has 0 fully saturated rings. The van der Waals surface area contributed by atoms with Gasteiger partial charge in [0.2, 0.25) is 0 Å². The van der Waals surface area contributed by atoms with Crippen LogP contribution >= 0.6 is 15.9 Å². The van der Waals surface area contributed by atoms with E-state index in [9.17, 15) is 0 Å². The molecule has 4 heteroatoms. The van der Waals surface area contributed by atoms with Crippen LogP contribution in [0, 0.1) is 19.9 Å². The Hall–Kier alpha value is -1.74. The van der Waals surface area contributed by atoms with Crippen molar-refractivity contribution in [2.75, 3.05) is 0 Å². The third-order valence-electron chi connectivity index (χ3n) is 7.29. The van der Waals surface area contributed by atoms with Gasteiger partial charge in [-0.05, 0) is 71.9 Å². The smallest absolute Gasteiger partial charge is 0.0777 e. The Bertz CT molecular complexity index is 1340. The maximum atomic E-state index is 5.21. The summed E-state index contributed by atoms with van der Waals surface area (Å²) in [7, 11) is 0. The van der Waals surface area contributed by atoms with E-state index >= 15 is 0 Å². The Balaban J connectivity index is 0.00000259. The van der Waals surface area contributed by atoms with Gasteiger partial charge in [-0.25, -0.2) is 0 Å². The maximum Gasteiger partial charge on any atom is 0.0777 e. The first kappa shape index (κ1) is 24.4. The van der Waals surface area contributed by atoms with Crippen LogP contribution in [0.25, 0.3) is 28.1 Å². The van der Waals surface area contributed by atoms with Gasteiger partial charge in [0.25, 0.3) is 0 Å². The monoisotopic (exact) mass is 678 g/mol. The summed E-state index contributed by atoms with van der Waals surface area (Å²) in [6.07, 6.45) is 2.39. The quantitative estimate of drug-likeness (QED) is 0.196. The molecule has 0 spiro atoms. The fourth-order valence-electron chi connectivity index (χ4n) is 5.27. The molecule has 0 N–H and O–H groups in total. The molecule has 33 heavy (non-hydrogen) atoms. The number of benzene rings is 3. The molecule has 1 heterocycles. The van der Waals surface area contributed by atoms with Crippen molar-refractivity contribution < 1.29 is 20.1 Å². The van der Waals surface area contributed by atoms with E-state index in [-0.39, 0.29) is 30.9 Å². The molecule has 3 aromatic carbocycles. The molecule has 1 aliphatic carbocycles. The van der Waals surface area contributed by atoms with Crippen molar-refractivity contribution >= 4 is 27.0 Å². The van der Waals surface area contributed by atoms with Crippen molar-refractivity contribution in [2.45, 2.75) is 65.2 Å². The first-order valence-corrected chi connectivity index (χ1v) is 12.2. The number of imidazole rings is 1. The van der Waals surface area contributed by atoms with Crippen molar-refractivity contribution in [3.05, 3.63) is 81.3 Å². The molecule has 0 atom stereocenters. The standard InChI is InChI=1S/C29H30BrN2.Ir/c1-18-9-7-10-19(2)26(18)32-25-17-23-22(28(3,4)13-14-29(23,5)6)16-24(25)31-27(32)20-11-8-12-21(30)15-20;/h7-10,12,15-17H,13-14H2,1-6H3;/q-1;. The van der Waals surface area contributed by atoms with Crippen LogP contribution in [0.15, 0.2) is 53.0 Å². The van der Waals surface area contributed by atoms with Gasteiger partial charge in [0.15, 0.2) is 0 Å². The number of aromatic nitrogens is 2. The molecular weight excluding hydrogens is 648 g/mol. The summed E-state index contributed by atoms with van der Waals surface area (Å²) in [6.45, 7) is 13.9. The van der Waals surface area contributed by atoms with Crippen molar-refractivity contribution in [1.29, 1.82) is 0 Å². The second kappa shape index (κ2) is 8.48. The maximum absolute atomic E-state index is 5.21. The second-order valence-electron chi connectivity index (χ2n) is 10.6. The minimum atomic E-state index is 0. The summed E-state index contributed by atoms with van der Waals surface area (Å²) >= 11 is 3.64. The molecule has 173 valence electrons. The van der Waals surface area contributed by atoms with E-state index in [1.54, 1.807) is 0 Å². The van der Waals surface area contributed by atoms with Crippen molar-refractivity contribution in [3.8, 4) is 17.1 Å². The fourth-order valence-corrected chi connectivity index (χ4v) is 5.63. The number of aryl methyl sites for hydroxylation is 2. The topological polar surface area (TPSA) is 17.8 Å². The predicted molar refractivity (Wildman–Crippen MR) is 138 cm³/mol. The van der Waals surface area contributed by atoms with Gasteiger partial charge in [-0.3, -0.25) is 4.98 Å². The zero-order chi connectivity index (χ0) is 22.8. The molecule has 0 unspecified atom stereocenters. The summed E-state index contributed by atoms with van der Waals surface area (Å²) in [5.41, 5.74) is 10.1. The summed E-state index contributed by atoms with van der Waals surface area (Å²) in [5, 5.41) is 0. The molecule has 5 rings (SSSR count). The van der Waals surface area contributed by atoms with Gasteiger partial charge in [0.1, 0.15) is 0 Å². The molecule has 2 nitrogen and oxygen atoms in total. The number of nitrogens with zero attached hydrogens (tertiary/aromatic N) is 2. The fraction of sp³-hybridized carbons (Fsp3) is 0.345. The Morgan fingerprint density at radius 3 is 2.12 bits per heavy atom. The van der Waals surface area contributed by atoms with Crippen molar-refractivity contribution in [2.24, 2.45) is 0 Å². The van der Waals surface area contributed by atoms with Crippen LogP contribution in [0.2, 0.25) is 0 Å². The van der Waals surface area contributed by atoms with Crippen molar-refractivity contribution in [3.63, 3.8) is 0 Å². The summed E-state index contributed by atoms with van der Waals surface area (Å²) in [5.74, 6) is 0.941. The van der Waals surface area contributed by atoms with Crippen LogP contribution in [0.4, 0.5) is 0 Å². The molecule has 0 amide bonds. The Labute approximate surface area is 219 Å². The number of rotatable bonds is 2. The number of para-hydroxylation sites is 1. The van der Waals surface area contributed by atoms with Crippen LogP contribution in [0.1, 0.15) is 62.8 Å². The molecule has 4 aromatic rings. The molecule has 0 aliphatic heterocycles. The van der Waals surface area contributed by atoms with E-state index in [1.165, 1.54) is 46.3 Å². The zero-order valence-corrected chi connectivity index (χ0v) is 24.1. The molecule has 1 radical (unpaired) electrons. The SMILES string of the molecule is Cc1cccc(C)c1-n1c(-c2[c-]ccc(Br)c2)nc2cc3c(cc21)C(C)(C)CCC3(C)C.[Ir]. The number of hydrogen-bond donors (Lipinski definition) is 0. The zero-order valence-electron chi connectivity index (χ0n) is 20.1. The van der Waals surface area contributed by atoms with E-state index < -0.39 is 0 Å². The first-order valence-electron chi connectivity index (χ1n) is 11.4. The second-order valence-corrected chi connectivity index (χ2v) is 11.5. The Kier molecular flexibility index (Phi) is 6.27. The summed E-state index contributed by atoms with van der Waals surface area (Å²) in [4.78, 5) is 5.21. The molecule has 0 bridgehead atoms. The van der Waals surface area contributed by atoms with E-state index in [1.807, 2.05) is 12.1 Å². The van der Waals surface area contributed by atoms with E-state index in [0.717, 1.165) is 21.4 Å². The number of halogens is 1. The third kappa shape index (κ3) is 4.05. The van der Waals surface area contributed by atoms with E-state index in [2.05, 4.69) is 105 Å². The average molecular weight is 679 g/mol. The van der Waals surface area contributed by atoms with Crippen LogP contribution in [0.3, 0.4) is 0 Å². The minimum Gasteiger partial charge on any atom is -0.333 e. The molecule has 0 saturated carbocycles. The third-order valence-corrected chi connectivity index (χ3v) is 7.79. The first-order chi connectivity index (χ1) is 15.1. The number of fused-ring (bicyclic) bond motifs is 2. The van der Waals surface area contributed by atoms with Crippen LogP contribution < -0.4 is 0 Å². The van der Waals surface area contributed by atoms with Gasteiger partial charge in [-0.1, -0.05) is 66.3 Å². The Morgan fingerprint density at radius 1 is 0.909 bits per heavy atom. The van der Waals surface area contributed by atoms with Gasteiger partial charge in [0, 0.05) is 25.8 Å². The summed E-state index contributed by atoms with van der Waals surface area (Å²) in [6, 6.07) is 20.8.